The summed E-state index contributed by atoms with van der Waals surface area (Å²) < 4.78 is 6.22. The van der Waals surface area contributed by atoms with Gasteiger partial charge in [-0.25, -0.2) is 4.63 Å². The van der Waals surface area contributed by atoms with Gasteiger partial charge in [0.1, 0.15) is 17.9 Å². The molecule has 3 rings (SSSR count). The molecule has 1 saturated heterocycles. The largest absolute Gasteiger partial charge is 0.480 e. The fraction of sp³-hybridized carbons (Fsp3) is 0.571. The number of hydrogen-bond acceptors (Lipinski definition) is 6. The number of aromatic nitrogens is 4. The van der Waals surface area contributed by atoms with E-state index in [2.05, 4.69) is 20.3 Å². The number of nitrogens with zero attached hydrogens (tertiary/aromatic N) is 5. The van der Waals surface area contributed by atoms with Crippen molar-refractivity contribution < 1.29 is 14.5 Å². The maximum Gasteiger partial charge on any atom is 0.325 e. The van der Waals surface area contributed by atoms with Gasteiger partial charge in [-0.05, 0) is 32.4 Å². The first-order chi connectivity index (χ1) is 10.6. The predicted molar refractivity (Wildman–Crippen MR) is 76.1 cm³/mol. The molecule has 3 heterocycles. The summed E-state index contributed by atoms with van der Waals surface area (Å²) in [4.78, 5) is 13.0. The maximum atomic E-state index is 10.7. The van der Waals surface area contributed by atoms with Crippen molar-refractivity contribution in [2.24, 2.45) is 0 Å². The zero-order valence-electron chi connectivity index (χ0n) is 12.5. The van der Waals surface area contributed by atoms with Crippen LogP contribution in [0.2, 0.25) is 0 Å². The van der Waals surface area contributed by atoms with Crippen LogP contribution in [-0.2, 0) is 17.9 Å². The average Bonchev–Trinajstić information content (AvgIpc) is 3.09. The highest BCUT2D eigenvalue weighted by molar-refractivity contribution is 5.66. The summed E-state index contributed by atoms with van der Waals surface area (Å²) in [5.41, 5.74) is 2.66. The lowest BCUT2D eigenvalue weighted by atomic mass is 9.95. The lowest BCUT2D eigenvalue weighted by Crippen LogP contribution is -2.34. The zero-order valence-corrected chi connectivity index (χ0v) is 12.5. The first-order valence-electron chi connectivity index (χ1n) is 7.37. The van der Waals surface area contributed by atoms with Gasteiger partial charge >= 0.3 is 5.97 Å². The van der Waals surface area contributed by atoms with Crippen LogP contribution in [0.5, 0.6) is 0 Å². The van der Waals surface area contributed by atoms with Crippen molar-refractivity contribution in [2.45, 2.75) is 38.8 Å². The first-order valence-corrected chi connectivity index (χ1v) is 7.37. The van der Waals surface area contributed by atoms with E-state index in [-0.39, 0.29) is 6.54 Å². The SMILES string of the molecule is Cc1nonc1CN1CCC[C@H](c2ccn(CC(=O)O)n2)C1. The molecular formula is C14H19N5O3. The third-order valence-corrected chi connectivity index (χ3v) is 4.00. The molecule has 118 valence electrons. The topological polar surface area (TPSA) is 97.3 Å². The molecule has 1 N–H and O–H groups in total. The highest BCUT2D eigenvalue weighted by Crippen LogP contribution is 2.26. The molecule has 0 aromatic carbocycles. The number of carbonyl (C=O) groups is 1. The third-order valence-electron chi connectivity index (χ3n) is 4.00. The van der Waals surface area contributed by atoms with E-state index >= 15 is 0 Å². The highest BCUT2D eigenvalue weighted by atomic mass is 16.6. The van der Waals surface area contributed by atoms with Gasteiger partial charge in [0.15, 0.2) is 0 Å². The fourth-order valence-corrected chi connectivity index (χ4v) is 2.87. The van der Waals surface area contributed by atoms with E-state index < -0.39 is 5.97 Å². The minimum Gasteiger partial charge on any atom is -0.480 e. The molecule has 0 aliphatic carbocycles. The first kappa shape index (κ1) is 14.7. The van der Waals surface area contributed by atoms with Gasteiger partial charge < -0.3 is 5.11 Å². The van der Waals surface area contributed by atoms with Crippen molar-refractivity contribution in [3.63, 3.8) is 0 Å². The van der Waals surface area contributed by atoms with Crippen molar-refractivity contribution in [2.75, 3.05) is 13.1 Å². The van der Waals surface area contributed by atoms with Crippen molar-refractivity contribution >= 4 is 5.97 Å². The molecule has 0 saturated carbocycles. The lowest BCUT2D eigenvalue weighted by molar-refractivity contribution is -0.137. The maximum absolute atomic E-state index is 10.7. The number of hydrogen-bond donors (Lipinski definition) is 1. The summed E-state index contributed by atoms with van der Waals surface area (Å²) in [6.07, 6.45) is 3.88. The molecule has 1 aliphatic heterocycles. The normalized spacial score (nSPS) is 19.4. The Morgan fingerprint density at radius 3 is 3.09 bits per heavy atom. The van der Waals surface area contributed by atoms with E-state index in [9.17, 15) is 4.79 Å². The Bertz CT molecular complexity index is 650. The Morgan fingerprint density at radius 1 is 1.50 bits per heavy atom. The van der Waals surface area contributed by atoms with E-state index in [1.165, 1.54) is 4.68 Å². The van der Waals surface area contributed by atoms with Crippen molar-refractivity contribution in [1.29, 1.82) is 0 Å². The van der Waals surface area contributed by atoms with Crippen LogP contribution in [-0.4, -0.2) is 49.2 Å². The van der Waals surface area contributed by atoms with Gasteiger partial charge in [0.25, 0.3) is 0 Å². The molecule has 8 nitrogen and oxygen atoms in total. The molecule has 1 fully saturated rings. The lowest BCUT2D eigenvalue weighted by Gasteiger charge is -2.31. The Hall–Kier alpha value is -2.22. The van der Waals surface area contributed by atoms with Crippen LogP contribution in [0.25, 0.3) is 0 Å². The van der Waals surface area contributed by atoms with Crippen LogP contribution in [0.15, 0.2) is 16.9 Å². The van der Waals surface area contributed by atoms with E-state index in [0.717, 1.165) is 49.6 Å². The summed E-state index contributed by atoms with van der Waals surface area (Å²) in [5, 5.41) is 20.9. The molecule has 2 aromatic rings. The Morgan fingerprint density at radius 2 is 2.36 bits per heavy atom. The number of likely N-dealkylation sites (tertiary alicyclic amines) is 1. The molecule has 8 heteroatoms. The van der Waals surface area contributed by atoms with Crippen LogP contribution >= 0.6 is 0 Å². The van der Waals surface area contributed by atoms with Gasteiger partial charge in [-0.3, -0.25) is 14.4 Å². The monoisotopic (exact) mass is 305 g/mol. The predicted octanol–water partition coefficient (Wildman–Crippen LogP) is 1.04. The third kappa shape index (κ3) is 3.33. The number of piperidine rings is 1. The number of carboxylic acid groups (broad SMARTS) is 1. The van der Waals surface area contributed by atoms with E-state index in [0.29, 0.717) is 5.92 Å². The molecule has 0 bridgehead atoms. The fourth-order valence-electron chi connectivity index (χ4n) is 2.87. The van der Waals surface area contributed by atoms with Crippen molar-refractivity contribution in [3.05, 3.63) is 29.3 Å². The van der Waals surface area contributed by atoms with Gasteiger partial charge in [0, 0.05) is 25.2 Å². The molecule has 0 radical (unpaired) electrons. The van der Waals surface area contributed by atoms with Crippen LogP contribution in [0.4, 0.5) is 0 Å². The molecule has 2 aromatic heterocycles. The van der Waals surface area contributed by atoms with Crippen LogP contribution < -0.4 is 0 Å². The van der Waals surface area contributed by atoms with Crippen LogP contribution in [0, 0.1) is 6.92 Å². The molecule has 0 amide bonds. The van der Waals surface area contributed by atoms with Gasteiger partial charge in [-0.1, -0.05) is 10.3 Å². The van der Waals surface area contributed by atoms with Gasteiger partial charge in [-0.2, -0.15) is 5.10 Å². The number of rotatable bonds is 5. The standard InChI is InChI=1S/C14H19N5O3/c1-10-13(17-22-16-10)8-18-5-2-3-11(7-18)12-4-6-19(15-12)9-14(20)21/h4,6,11H,2-3,5,7-9H2,1H3,(H,20,21)/t11-/m0/s1. The molecule has 0 unspecified atom stereocenters. The van der Waals surface area contributed by atoms with E-state index in [1.54, 1.807) is 6.20 Å². The number of aliphatic carboxylic acids is 1. The molecule has 1 aliphatic rings. The number of aryl methyl sites for hydroxylation is 1. The average molecular weight is 305 g/mol. The minimum atomic E-state index is -0.881. The van der Waals surface area contributed by atoms with Gasteiger partial charge in [-0.15, -0.1) is 0 Å². The summed E-state index contributed by atoms with van der Waals surface area (Å²) in [6, 6.07) is 1.92. The second-order valence-electron chi connectivity index (χ2n) is 5.70. The van der Waals surface area contributed by atoms with E-state index in [1.807, 2.05) is 13.0 Å². The summed E-state index contributed by atoms with van der Waals surface area (Å²) >= 11 is 0. The zero-order chi connectivity index (χ0) is 15.5. The highest BCUT2D eigenvalue weighted by Gasteiger charge is 2.24. The van der Waals surface area contributed by atoms with Crippen molar-refractivity contribution in [3.8, 4) is 0 Å². The van der Waals surface area contributed by atoms with Crippen molar-refractivity contribution in [1.82, 2.24) is 25.0 Å². The second kappa shape index (κ2) is 6.27. The number of carboxylic acids is 1. The molecule has 0 spiro atoms. The smallest absolute Gasteiger partial charge is 0.325 e. The quantitative estimate of drug-likeness (QED) is 0.881. The van der Waals surface area contributed by atoms with Gasteiger partial charge in [0.05, 0.1) is 5.69 Å². The molecule has 1 atom stereocenters. The second-order valence-corrected chi connectivity index (χ2v) is 5.70. The Labute approximate surface area is 127 Å². The van der Waals surface area contributed by atoms with E-state index in [4.69, 9.17) is 9.74 Å². The molecule has 22 heavy (non-hydrogen) atoms. The van der Waals surface area contributed by atoms with Crippen LogP contribution in [0.3, 0.4) is 0 Å². The minimum absolute atomic E-state index is 0.0970. The summed E-state index contributed by atoms with van der Waals surface area (Å²) in [7, 11) is 0. The summed E-state index contributed by atoms with van der Waals surface area (Å²) in [5.74, 6) is -0.558. The Balaban J connectivity index is 1.64. The van der Waals surface area contributed by atoms with Gasteiger partial charge in [0.2, 0.25) is 0 Å². The molecular weight excluding hydrogens is 286 g/mol. The summed E-state index contributed by atoms with van der Waals surface area (Å²) in [6.45, 7) is 4.41. The van der Waals surface area contributed by atoms with Crippen LogP contribution in [0.1, 0.15) is 35.8 Å². The Kier molecular flexibility index (Phi) is 4.19.